The number of fused-ring (bicyclic) bond motifs is 7. The summed E-state index contributed by atoms with van der Waals surface area (Å²) in [6.45, 7) is 10.6. The fourth-order valence-electron chi connectivity index (χ4n) is 8.82. The number of ether oxygens (including phenoxy) is 2. The van der Waals surface area contributed by atoms with E-state index in [2.05, 4.69) is 45.9 Å². The van der Waals surface area contributed by atoms with Crippen LogP contribution in [0.5, 0.6) is 0 Å². The molecule has 0 aromatic heterocycles. The Hall–Kier alpha value is -0.860. The van der Waals surface area contributed by atoms with Crippen LogP contribution < -0.4 is 0 Å². The van der Waals surface area contributed by atoms with Gasteiger partial charge in [0.1, 0.15) is 0 Å². The lowest BCUT2D eigenvalue weighted by atomic mass is 9.52. The maximum Gasteiger partial charge on any atom is 0.171 e. The maximum absolute atomic E-state index is 6.88. The van der Waals surface area contributed by atoms with Gasteiger partial charge in [-0.1, -0.05) is 39.0 Å². The minimum atomic E-state index is -0.275. The summed E-state index contributed by atoms with van der Waals surface area (Å²) in [5.74, 6) is 4.08. The lowest BCUT2D eigenvalue weighted by Crippen LogP contribution is -2.48. The molecular weight excluding hydrogens is 356 g/mol. The normalized spacial score (nSPS) is 50.7. The minimum absolute atomic E-state index is 0.275. The topological polar surface area (TPSA) is 18.5 Å². The van der Waals surface area contributed by atoms with Crippen molar-refractivity contribution in [2.24, 2.45) is 35.0 Å². The van der Waals surface area contributed by atoms with Gasteiger partial charge in [-0.15, -0.1) is 0 Å². The van der Waals surface area contributed by atoms with Crippen LogP contribution in [0, 0.1) is 41.9 Å². The number of aryl methyl sites for hydroxylation is 1. The van der Waals surface area contributed by atoms with Crippen LogP contribution in [-0.2, 0) is 15.9 Å². The average Bonchev–Trinajstić information content (AvgIpc) is 3.15. The first-order valence-corrected chi connectivity index (χ1v) is 12.3. The Balaban J connectivity index is 1.30. The van der Waals surface area contributed by atoms with E-state index >= 15 is 0 Å². The van der Waals surface area contributed by atoms with Gasteiger partial charge in [0.15, 0.2) is 5.79 Å². The summed E-state index contributed by atoms with van der Waals surface area (Å²) in [7, 11) is 0. The van der Waals surface area contributed by atoms with Crippen molar-refractivity contribution in [1.82, 2.24) is 0 Å². The second-order valence-electron chi connectivity index (χ2n) is 11.6. The zero-order valence-corrected chi connectivity index (χ0v) is 18.7. The quantitative estimate of drug-likeness (QED) is 0.517. The molecule has 2 heterocycles. The molecule has 9 atom stereocenters. The van der Waals surface area contributed by atoms with E-state index in [0.29, 0.717) is 29.3 Å². The molecule has 1 aromatic rings. The lowest BCUT2D eigenvalue weighted by Gasteiger charge is -2.52. The molecule has 2 saturated carbocycles. The molecular formula is C27H38O2. The van der Waals surface area contributed by atoms with E-state index in [1.165, 1.54) is 44.1 Å². The van der Waals surface area contributed by atoms with Crippen molar-refractivity contribution < 1.29 is 9.47 Å². The summed E-state index contributed by atoms with van der Waals surface area (Å²) in [6, 6.07) is 7.05. The van der Waals surface area contributed by atoms with E-state index in [1.54, 1.807) is 11.1 Å². The van der Waals surface area contributed by atoms with Gasteiger partial charge in [0.2, 0.25) is 0 Å². The van der Waals surface area contributed by atoms with E-state index in [9.17, 15) is 0 Å². The van der Waals surface area contributed by atoms with Crippen molar-refractivity contribution in [3.8, 4) is 0 Å². The molecule has 0 bridgehead atoms. The maximum atomic E-state index is 6.88. The standard InChI is InChI=1S/C27H38O2/c1-16-10-13-27(28-15-16)18(3)25-24(29-27)14-23-22-9-8-19-17(2)6-5-7-20(19)21(22)11-12-26(23,25)4/h5-7,16,18,21-25H,8-15H2,1-4H3. The van der Waals surface area contributed by atoms with Crippen LogP contribution in [0.4, 0.5) is 0 Å². The second-order valence-corrected chi connectivity index (χ2v) is 11.6. The first-order valence-electron chi connectivity index (χ1n) is 12.3. The summed E-state index contributed by atoms with van der Waals surface area (Å²) in [5.41, 5.74) is 5.31. The number of hydrogen-bond donors (Lipinski definition) is 0. The highest BCUT2D eigenvalue weighted by Gasteiger charge is 2.67. The molecule has 9 unspecified atom stereocenters. The molecule has 0 N–H and O–H groups in total. The third-order valence-corrected chi connectivity index (χ3v) is 10.3. The van der Waals surface area contributed by atoms with Crippen LogP contribution in [0.25, 0.3) is 0 Å². The molecule has 1 aromatic carbocycles. The summed E-state index contributed by atoms with van der Waals surface area (Å²) < 4.78 is 13.3. The predicted molar refractivity (Wildman–Crippen MR) is 116 cm³/mol. The Kier molecular flexibility index (Phi) is 4.12. The molecule has 1 spiro atoms. The molecule has 2 nitrogen and oxygen atoms in total. The van der Waals surface area contributed by atoms with Crippen molar-refractivity contribution in [2.45, 2.75) is 90.4 Å². The highest BCUT2D eigenvalue weighted by atomic mass is 16.7. The molecule has 0 amide bonds. The van der Waals surface area contributed by atoms with Gasteiger partial charge in [-0.3, -0.25) is 0 Å². The second kappa shape index (κ2) is 6.33. The Morgan fingerprint density at radius 3 is 2.72 bits per heavy atom. The first kappa shape index (κ1) is 18.9. The predicted octanol–water partition coefficient (Wildman–Crippen LogP) is 6.25. The van der Waals surface area contributed by atoms with Gasteiger partial charge < -0.3 is 9.47 Å². The SMILES string of the molecule is Cc1cccc2c1CCC1C2CCC2(C)C1CC1OC3(CCC(C)CO3)C(C)C12. The summed E-state index contributed by atoms with van der Waals surface area (Å²) in [4.78, 5) is 0. The molecule has 0 radical (unpaired) electrons. The largest absolute Gasteiger partial charge is 0.349 e. The van der Waals surface area contributed by atoms with Crippen molar-refractivity contribution in [3.63, 3.8) is 0 Å². The van der Waals surface area contributed by atoms with Crippen molar-refractivity contribution in [2.75, 3.05) is 6.61 Å². The molecule has 2 saturated heterocycles. The van der Waals surface area contributed by atoms with Crippen LogP contribution >= 0.6 is 0 Å². The molecule has 6 rings (SSSR count). The molecule has 5 aliphatic rings. The van der Waals surface area contributed by atoms with E-state index in [0.717, 1.165) is 30.8 Å². The number of benzene rings is 1. The molecule has 3 aliphatic carbocycles. The average molecular weight is 395 g/mol. The Morgan fingerprint density at radius 2 is 1.93 bits per heavy atom. The lowest BCUT2D eigenvalue weighted by molar-refractivity contribution is -0.272. The van der Waals surface area contributed by atoms with Gasteiger partial charge in [0.25, 0.3) is 0 Å². The van der Waals surface area contributed by atoms with Crippen molar-refractivity contribution in [1.29, 1.82) is 0 Å². The Bertz CT molecular complexity index is 807. The third kappa shape index (κ3) is 2.48. The first-order chi connectivity index (χ1) is 13.9. The molecule has 2 aliphatic heterocycles. The Morgan fingerprint density at radius 1 is 1.07 bits per heavy atom. The highest BCUT2D eigenvalue weighted by Crippen LogP contribution is 2.69. The van der Waals surface area contributed by atoms with E-state index in [-0.39, 0.29) is 5.79 Å². The van der Waals surface area contributed by atoms with Gasteiger partial charge in [0.05, 0.1) is 12.7 Å². The fraction of sp³-hybridized carbons (Fsp3) is 0.778. The Labute approximate surface area is 176 Å². The fourth-order valence-corrected chi connectivity index (χ4v) is 8.82. The van der Waals surface area contributed by atoms with E-state index in [4.69, 9.17) is 9.47 Å². The van der Waals surface area contributed by atoms with E-state index in [1.807, 2.05) is 0 Å². The van der Waals surface area contributed by atoms with Crippen LogP contribution in [0.1, 0.15) is 81.9 Å². The third-order valence-electron chi connectivity index (χ3n) is 10.3. The van der Waals surface area contributed by atoms with Crippen LogP contribution in [0.3, 0.4) is 0 Å². The summed E-state index contributed by atoms with van der Waals surface area (Å²) in [6.07, 6.45) is 9.46. The molecule has 2 heteroatoms. The summed E-state index contributed by atoms with van der Waals surface area (Å²) in [5, 5.41) is 0. The van der Waals surface area contributed by atoms with Gasteiger partial charge >= 0.3 is 0 Å². The van der Waals surface area contributed by atoms with Crippen LogP contribution in [0.2, 0.25) is 0 Å². The minimum Gasteiger partial charge on any atom is -0.349 e. The van der Waals surface area contributed by atoms with Gasteiger partial charge in [-0.2, -0.15) is 0 Å². The molecule has 29 heavy (non-hydrogen) atoms. The van der Waals surface area contributed by atoms with Gasteiger partial charge in [0, 0.05) is 12.3 Å². The number of rotatable bonds is 0. The molecule has 4 fully saturated rings. The number of hydrogen-bond acceptors (Lipinski definition) is 2. The van der Waals surface area contributed by atoms with Crippen LogP contribution in [-0.4, -0.2) is 18.5 Å². The van der Waals surface area contributed by atoms with Crippen molar-refractivity contribution >= 4 is 0 Å². The zero-order chi connectivity index (χ0) is 20.0. The molecule has 158 valence electrons. The van der Waals surface area contributed by atoms with Gasteiger partial charge in [-0.25, -0.2) is 0 Å². The van der Waals surface area contributed by atoms with Gasteiger partial charge in [-0.05, 0) is 97.1 Å². The summed E-state index contributed by atoms with van der Waals surface area (Å²) >= 11 is 0. The smallest absolute Gasteiger partial charge is 0.171 e. The van der Waals surface area contributed by atoms with Crippen molar-refractivity contribution in [3.05, 3.63) is 34.9 Å². The van der Waals surface area contributed by atoms with Crippen LogP contribution in [0.15, 0.2) is 18.2 Å². The highest BCUT2D eigenvalue weighted by molar-refractivity contribution is 5.40. The zero-order valence-electron chi connectivity index (χ0n) is 18.7. The van der Waals surface area contributed by atoms with E-state index < -0.39 is 0 Å². The monoisotopic (exact) mass is 394 g/mol.